The SMILES string of the molecule is Cc1ccc(N(C)C(=O)C2CCCC2N)cc1. The van der Waals surface area contributed by atoms with Crippen LogP contribution in [0.15, 0.2) is 24.3 Å². The molecule has 3 heteroatoms. The number of anilines is 1. The largest absolute Gasteiger partial charge is 0.327 e. The van der Waals surface area contributed by atoms with Crippen LogP contribution in [0.3, 0.4) is 0 Å². The van der Waals surface area contributed by atoms with Gasteiger partial charge in [-0.25, -0.2) is 0 Å². The van der Waals surface area contributed by atoms with Crippen molar-refractivity contribution in [1.82, 2.24) is 0 Å². The summed E-state index contributed by atoms with van der Waals surface area (Å²) in [7, 11) is 1.83. The minimum Gasteiger partial charge on any atom is -0.327 e. The summed E-state index contributed by atoms with van der Waals surface area (Å²) < 4.78 is 0. The Labute approximate surface area is 103 Å². The average Bonchev–Trinajstić information content (AvgIpc) is 2.74. The van der Waals surface area contributed by atoms with Crippen LogP contribution in [-0.2, 0) is 4.79 Å². The van der Waals surface area contributed by atoms with Gasteiger partial charge in [0.15, 0.2) is 0 Å². The number of aryl methyl sites for hydroxylation is 1. The topological polar surface area (TPSA) is 46.3 Å². The van der Waals surface area contributed by atoms with Crippen LogP contribution in [0.4, 0.5) is 5.69 Å². The first kappa shape index (κ1) is 12.1. The van der Waals surface area contributed by atoms with Gasteiger partial charge in [-0.2, -0.15) is 0 Å². The van der Waals surface area contributed by atoms with Crippen LogP contribution in [0.5, 0.6) is 0 Å². The van der Waals surface area contributed by atoms with E-state index in [1.807, 2.05) is 38.2 Å². The van der Waals surface area contributed by atoms with Crippen molar-refractivity contribution >= 4 is 11.6 Å². The van der Waals surface area contributed by atoms with Crippen molar-refractivity contribution in [3.63, 3.8) is 0 Å². The van der Waals surface area contributed by atoms with Crippen molar-refractivity contribution < 1.29 is 4.79 Å². The molecule has 1 aromatic rings. The fourth-order valence-corrected chi connectivity index (χ4v) is 2.44. The molecule has 0 heterocycles. The lowest BCUT2D eigenvalue weighted by Gasteiger charge is -2.23. The Kier molecular flexibility index (Phi) is 3.48. The zero-order valence-corrected chi connectivity index (χ0v) is 10.5. The van der Waals surface area contributed by atoms with Crippen LogP contribution < -0.4 is 10.6 Å². The summed E-state index contributed by atoms with van der Waals surface area (Å²) in [6.45, 7) is 2.04. The summed E-state index contributed by atoms with van der Waals surface area (Å²) in [4.78, 5) is 14.0. The summed E-state index contributed by atoms with van der Waals surface area (Å²) >= 11 is 0. The van der Waals surface area contributed by atoms with E-state index in [2.05, 4.69) is 0 Å². The predicted molar refractivity (Wildman–Crippen MR) is 69.9 cm³/mol. The molecule has 1 amide bonds. The first-order valence-corrected chi connectivity index (χ1v) is 6.19. The molecule has 3 nitrogen and oxygen atoms in total. The van der Waals surface area contributed by atoms with E-state index < -0.39 is 0 Å². The van der Waals surface area contributed by atoms with Gasteiger partial charge in [0.2, 0.25) is 5.91 Å². The van der Waals surface area contributed by atoms with E-state index in [1.54, 1.807) is 4.90 Å². The normalized spacial score (nSPS) is 23.7. The zero-order valence-electron chi connectivity index (χ0n) is 10.5. The Morgan fingerprint density at radius 3 is 2.47 bits per heavy atom. The van der Waals surface area contributed by atoms with E-state index in [9.17, 15) is 4.79 Å². The third-order valence-corrected chi connectivity index (χ3v) is 3.64. The quantitative estimate of drug-likeness (QED) is 0.848. The average molecular weight is 232 g/mol. The highest BCUT2D eigenvalue weighted by molar-refractivity contribution is 5.95. The van der Waals surface area contributed by atoms with Gasteiger partial charge >= 0.3 is 0 Å². The Bertz CT molecular complexity index is 399. The van der Waals surface area contributed by atoms with Crippen LogP contribution in [0.2, 0.25) is 0 Å². The minimum absolute atomic E-state index is 0.00121. The third-order valence-electron chi connectivity index (χ3n) is 3.64. The Morgan fingerprint density at radius 1 is 1.29 bits per heavy atom. The number of hydrogen-bond acceptors (Lipinski definition) is 2. The van der Waals surface area contributed by atoms with E-state index in [1.165, 1.54) is 5.56 Å². The van der Waals surface area contributed by atoms with Gasteiger partial charge < -0.3 is 10.6 Å². The van der Waals surface area contributed by atoms with Crippen LogP contribution in [0.25, 0.3) is 0 Å². The summed E-state index contributed by atoms with van der Waals surface area (Å²) in [5.74, 6) is 0.153. The zero-order chi connectivity index (χ0) is 12.4. The molecule has 2 N–H and O–H groups in total. The molecule has 1 fully saturated rings. The Hall–Kier alpha value is -1.35. The lowest BCUT2D eigenvalue weighted by atomic mass is 10.0. The van der Waals surface area contributed by atoms with E-state index in [0.29, 0.717) is 0 Å². The second kappa shape index (κ2) is 4.88. The van der Waals surface area contributed by atoms with Gasteiger partial charge in [-0.3, -0.25) is 4.79 Å². The number of amides is 1. The van der Waals surface area contributed by atoms with Gasteiger partial charge in [0.05, 0.1) is 5.92 Å². The van der Waals surface area contributed by atoms with Crippen LogP contribution >= 0.6 is 0 Å². The lowest BCUT2D eigenvalue weighted by Crippen LogP contribution is -2.39. The van der Waals surface area contributed by atoms with Crippen molar-refractivity contribution in [2.45, 2.75) is 32.2 Å². The smallest absolute Gasteiger partial charge is 0.231 e. The van der Waals surface area contributed by atoms with Gasteiger partial charge in [-0.1, -0.05) is 24.1 Å². The summed E-state index contributed by atoms with van der Waals surface area (Å²) in [6, 6.07) is 8.04. The molecule has 2 atom stereocenters. The maximum atomic E-state index is 12.3. The molecular formula is C14H20N2O. The molecule has 1 aliphatic carbocycles. The van der Waals surface area contributed by atoms with Crippen LogP contribution in [-0.4, -0.2) is 19.0 Å². The Morgan fingerprint density at radius 2 is 1.94 bits per heavy atom. The van der Waals surface area contributed by atoms with Crippen molar-refractivity contribution in [2.24, 2.45) is 11.7 Å². The molecule has 2 unspecified atom stereocenters. The fraction of sp³-hybridized carbons (Fsp3) is 0.500. The first-order chi connectivity index (χ1) is 8.09. The molecule has 0 aliphatic heterocycles. The number of carbonyl (C=O) groups excluding carboxylic acids is 1. The van der Waals surface area contributed by atoms with Crippen molar-refractivity contribution in [3.05, 3.63) is 29.8 Å². The van der Waals surface area contributed by atoms with Gasteiger partial charge in [-0.15, -0.1) is 0 Å². The van der Waals surface area contributed by atoms with E-state index in [-0.39, 0.29) is 17.9 Å². The molecule has 0 aromatic heterocycles. The highest BCUT2D eigenvalue weighted by atomic mass is 16.2. The number of nitrogens with zero attached hydrogens (tertiary/aromatic N) is 1. The fourth-order valence-electron chi connectivity index (χ4n) is 2.44. The number of benzene rings is 1. The molecule has 0 spiro atoms. The summed E-state index contributed by atoms with van der Waals surface area (Å²) in [6.07, 6.45) is 2.97. The molecule has 1 aliphatic rings. The number of nitrogens with two attached hydrogens (primary N) is 1. The van der Waals surface area contributed by atoms with E-state index >= 15 is 0 Å². The molecule has 0 radical (unpaired) electrons. The van der Waals surface area contributed by atoms with Crippen molar-refractivity contribution in [3.8, 4) is 0 Å². The first-order valence-electron chi connectivity index (χ1n) is 6.19. The number of carbonyl (C=O) groups is 1. The van der Waals surface area contributed by atoms with Gasteiger partial charge in [0, 0.05) is 18.8 Å². The highest BCUT2D eigenvalue weighted by Gasteiger charge is 2.32. The third kappa shape index (κ3) is 2.50. The molecule has 92 valence electrons. The van der Waals surface area contributed by atoms with Crippen LogP contribution in [0.1, 0.15) is 24.8 Å². The lowest BCUT2D eigenvalue weighted by molar-refractivity contribution is -0.122. The summed E-state index contributed by atoms with van der Waals surface area (Å²) in [5, 5.41) is 0. The molecular weight excluding hydrogens is 212 g/mol. The monoisotopic (exact) mass is 232 g/mol. The molecule has 17 heavy (non-hydrogen) atoms. The van der Waals surface area contributed by atoms with Gasteiger partial charge in [0.1, 0.15) is 0 Å². The minimum atomic E-state index is 0.00121. The van der Waals surface area contributed by atoms with E-state index in [0.717, 1.165) is 24.9 Å². The Balaban J connectivity index is 2.11. The molecule has 1 saturated carbocycles. The van der Waals surface area contributed by atoms with Gasteiger partial charge in [0.25, 0.3) is 0 Å². The van der Waals surface area contributed by atoms with Gasteiger partial charge in [-0.05, 0) is 31.9 Å². The molecule has 1 aromatic carbocycles. The molecule has 0 bridgehead atoms. The van der Waals surface area contributed by atoms with Crippen molar-refractivity contribution in [2.75, 3.05) is 11.9 Å². The predicted octanol–water partition coefficient (Wildman–Crippen LogP) is 2.09. The highest BCUT2D eigenvalue weighted by Crippen LogP contribution is 2.27. The maximum absolute atomic E-state index is 12.3. The van der Waals surface area contributed by atoms with E-state index in [4.69, 9.17) is 5.73 Å². The summed E-state index contributed by atoms with van der Waals surface area (Å²) in [5.41, 5.74) is 8.12. The standard InChI is InChI=1S/C14H20N2O/c1-10-6-8-11(9-7-10)16(2)14(17)12-4-3-5-13(12)15/h6-9,12-13H,3-5,15H2,1-2H3. The maximum Gasteiger partial charge on any atom is 0.231 e. The molecule has 0 saturated heterocycles. The number of rotatable bonds is 2. The second-order valence-corrected chi connectivity index (χ2v) is 4.93. The van der Waals surface area contributed by atoms with Crippen molar-refractivity contribution in [1.29, 1.82) is 0 Å². The molecule has 2 rings (SSSR count). The second-order valence-electron chi connectivity index (χ2n) is 4.93. The van der Waals surface area contributed by atoms with Crippen LogP contribution in [0, 0.1) is 12.8 Å². The number of hydrogen-bond donors (Lipinski definition) is 1.